The maximum absolute atomic E-state index is 13.6. The highest BCUT2D eigenvalue weighted by molar-refractivity contribution is 6.29. The molecule has 0 aliphatic heterocycles. The van der Waals surface area contributed by atoms with Crippen LogP contribution in [0.15, 0.2) is 36.5 Å². The Morgan fingerprint density at radius 2 is 2.05 bits per heavy atom. The van der Waals surface area contributed by atoms with Gasteiger partial charge in [0.15, 0.2) is 28.1 Å². The average Bonchev–Trinajstić information content (AvgIpc) is 2.72. The molecule has 4 nitrogen and oxygen atoms in total. The van der Waals surface area contributed by atoms with Crippen molar-refractivity contribution in [1.82, 2.24) is 14.6 Å². The number of halogens is 2. The third kappa shape index (κ3) is 2.24. The van der Waals surface area contributed by atoms with Gasteiger partial charge in [0.2, 0.25) is 0 Å². The summed E-state index contributed by atoms with van der Waals surface area (Å²) in [5.74, 6) is 0.0300. The Kier molecular flexibility index (Phi) is 2.83. The van der Waals surface area contributed by atoms with Crippen LogP contribution in [0.3, 0.4) is 0 Å². The molecule has 0 amide bonds. The number of ether oxygens (including phenoxy) is 1. The molecule has 1 aromatic carbocycles. The summed E-state index contributed by atoms with van der Waals surface area (Å²) in [5.41, 5.74) is 1.26. The van der Waals surface area contributed by atoms with Gasteiger partial charge < -0.3 is 4.74 Å². The predicted molar refractivity (Wildman–Crippen MR) is 69.2 cm³/mol. The molecule has 96 valence electrons. The fourth-order valence-corrected chi connectivity index (χ4v) is 1.94. The van der Waals surface area contributed by atoms with Crippen molar-refractivity contribution in [2.24, 2.45) is 0 Å². The molecule has 0 spiro atoms. The number of nitrogens with zero attached hydrogens (tertiary/aromatic N) is 3. The number of imidazole rings is 1. The van der Waals surface area contributed by atoms with Gasteiger partial charge in [-0.1, -0.05) is 23.7 Å². The van der Waals surface area contributed by atoms with Gasteiger partial charge in [0.05, 0.1) is 11.9 Å². The summed E-state index contributed by atoms with van der Waals surface area (Å²) in [5, 5.41) is 4.31. The van der Waals surface area contributed by atoms with E-state index in [0.717, 1.165) is 5.69 Å². The van der Waals surface area contributed by atoms with Crippen molar-refractivity contribution in [2.45, 2.75) is 6.92 Å². The van der Waals surface area contributed by atoms with Gasteiger partial charge in [-0.25, -0.2) is 13.9 Å². The highest BCUT2D eigenvalue weighted by atomic mass is 35.5. The van der Waals surface area contributed by atoms with Crippen molar-refractivity contribution in [3.63, 3.8) is 0 Å². The number of hydrogen-bond acceptors (Lipinski definition) is 3. The molecule has 19 heavy (non-hydrogen) atoms. The number of aryl methyl sites for hydroxylation is 1. The molecule has 0 saturated heterocycles. The molecule has 0 aliphatic carbocycles. The van der Waals surface area contributed by atoms with Crippen molar-refractivity contribution < 1.29 is 9.13 Å². The zero-order valence-electron chi connectivity index (χ0n) is 9.97. The van der Waals surface area contributed by atoms with Crippen LogP contribution < -0.4 is 4.74 Å². The Hall–Kier alpha value is -2.14. The number of rotatable bonds is 2. The van der Waals surface area contributed by atoms with Crippen LogP contribution in [0.4, 0.5) is 4.39 Å². The van der Waals surface area contributed by atoms with E-state index >= 15 is 0 Å². The van der Waals surface area contributed by atoms with Crippen LogP contribution in [0.25, 0.3) is 5.65 Å². The number of fused-ring (bicyclic) bond motifs is 1. The first kappa shape index (κ1) is 11.9. The second-order valence-corrected chi connectivity index (χ2v) is 4.40. The summed E-state index contributed by atoms with van der Waals surface area (Å²) >= 11 is 5.91. The van der Waals surface area contributed by atoms with E-state index in [1.54, 1.807) is 18.3 Å². The van der Waals surface area contributed by atoms with Gasteiger partial charge in [-0.15, -0.1) is 0 Å². The largest absolute Gasteiger partial charge is 0.450 e. The molecule has 0 atom stereocenters. The molecule has 0 saturated carbocycles. The third-order valence-electron chi connectivity index (χ3n) is 2.54. The molecule has 3 aromatic rings. The molecule has 0 N–H and O–H groups in total. The molecule has 0 bridgehead atoms. The average molecular weight is 278 g/mol. The summed E-state index contributed by atoms with van der Waals surface area (Å²) in [4.78, 5) is 4.27. The standard InChI is InChI=1S/C13H9ClFN3O/c1-8-7-18-13(16-8)11(6-12(14)17-18)19-10-5-3-2-4-9(10)15/h2-7H,1H3. The number of aromatic nitrogens is 3. The van der Waals surface area contributed by atoms with E-state index in [1.807, 2.05) is 6.92 Å². The Balaban J connectivity index is 2.12. The van der Waals surface area contributed by atoms with Crippen LogP contribution in [0.5, 0.6) is 11.5 Å². The van der Waals surface area contributed by atoms with E-state index < -0.39 is 5.82 Å². The van der Waals surface area contributed by atoms with Crippen LogP contribution in [-0.2, 0) is 0 Å². The molecule has 6 heteroatoms. The third-order valence-corrected chi connectivity index (χ3v) is 2.72. The maximum Gasteiger partial charge on any atom is 0.197 e. The summed E-state index contributed by atoms with van der Waals surface area (Å²) in [6, 6.07) is 7.66. The van der Waals surface area contributed by atoms with Crippen LogP contribution in [0.1, 0.15) is 5.69 Å². The molecule has 2 heterocycles. The van der Waals surface area contributed by atoms with Gasteiger partial charge in [-0.3, -0.25) is 0 Å². The Morgan fingerprint density at radius 3 is 2.84 bits per heavy atom. The minimum absolute atomic E-state index is 0.118. The first-order valence-electron chi connectivity index (χ1n) is 5.58. The van der Waals surface area contributed by atoms with E-state index in [4.69, 9.17) is 16.3 Å². The van der Waals surface area contributed by atoms with Crippen molar-refractivity contribution in [1.29, 1.82) is 0 Å². The van der Waals surface area contributed by atoms with E-state index in [0.29, 0.717) is 11.4 Å². The highest BCUT2D eigenvalue weighted by Crippen LogP contribution is 2.28. The molecule has 0 radical (unpaired) electrons. The second-order valence-electron chi connectivity index (χ2n) is 4.01. The fourth-order valence-electron chi connectivity index (χ4n) is 1.76. The van der Waals surface area contributed by atoms with Crippen molar-refractivity contribution >= 4 is 17.2 Å². The first-order valence-corrected chi connectivity index (χ1v) is 5.96. The fraction of sp³-hybridized carbons (Fsp3) is 0.0769. The summed E-state index contributed by atoms with van der Waals surface area (Å²) in [7, 11) is 0. The zero-order chi connectivity index (χ0) is 13.4. The quantitative estimate of drug-likeness (QED) is 0.718. The molecule has 0 fully saturated rings. The maximum atomic E-state index is 13.6. The van der Waals surface area contributed by atoms with Gasteiger partial charge in [-0.05, 0) is 19.1 Å². The van der Waals surface area contributed by atoms with Crippen LogP contribution in [0, 0.1) is 12.7 Å². The van der Waals surface area contributed by atoms with Gasteiger partial charge in [0.25, 0.3) is 0 Å². The van der Waals surface area contributed by atoms with Gasteiger partial charge >= 0.3 is 0 Å². The molecule has 2 aromatic heterocycles. The van der Waals surface area contributed by atoms with Crippen LogP contribution >= 0.6 is 11.6 Å². The zero-order valence-corrected chi connectivity index (χ0v) is 10.7. The number of para-hydroxylation sites is 1. The SMILES string of the molecule is Cc1cn2nc(Cl)cc(Oc3ccccc3F)c2n1. The van der Waals surface area contributed by atoms with Crippen molar-refractivity contribution in [3.8, 4) is 11.5 Å². The van der Waals surface area contributed by atoms with E-state index in [9.17, 15) is 4.39 Å². The minimum Gasteiger partial charge on any atom is -0.450 e. The summed E-state index contributed by atoms with van der Waals surface area (Å²) in [6.45, 7) is 1.83. The van der Waals surface area contributed by atoms with Crippen molar-refractivity contribution in [2.75, 3.05) is 0 Å². The molecular weight excluding hydrogens is 269 g/mol. The van der Waals surface area contributed by atoms with Crippen LogP contribution in [-0.4, -0.2) is 14.6 Å². The molecule has 0 unspecified atom stereocenters. The predicted octanol–water partition coefficient (Wildman–Crippen LogP) is 3.62. The topological polar surface area (TPSA) is 39.4 Å². The monoisotopic (exact) mass is 277 g/mol. The van der Waals surface area contributed by atoms with E-state index in [1.165, 1.54) is 22.7 Å². The normalized spacial score (nSPS) is 10.9. The molecule has 0 aliphatic rings. The highest BCUT2D eigenvalue weighted by Gasteiger charge is 2.12. The first-order chi connectivity index (χ1) is 9.13. The van der Waals surface area contributed by atoms with Gasteiger partial charge in [0, 0.05) is 6.07 Å². The van der Waals surface area contributed by atoms with E-state index in [-0.39, 0.29) is 10.9 Å². The smallest absolute Gasteiger partial charge is 0.197 e. The summed E-state index contributed by atoms with van der Waals surface area (Å²) < 4.78 is 20.6. The van der Waals surface area contributed by atoms with Gasteiger partial charge in [0.1, 0.15) is 0 Å². The lowest BCUT2D eigenvalue weighted by atomic mass is 10.3. The number of hydrogen-bond donors (Lipinski definition) is 0. The molecular formula is C13H9ClFN3O. The Morgan fingerprint density at radius 1 is 1.26 bits per heavy atom. The van der Waals surface area contributed by atoms with Crippen molar-refractivity contribution in [3.05, 3.63) is 53.2 Å². The Bertz CT molecular complexity index is 757. The van der Waals surface area contributed by atoms with Gasteiger partial charge in [-0.2, -0.15) is 5.10 Å². The lowest BCUT2D eigenvalue weighted by molar-refractivity contribution is 0.443. The lowest BCUT2D eigenvalue weighted by Gasteiger charge is -2.07. The molecule has 3 rings (SSSR count). The lowest BCUT2D eigenvalue weighted by Crippen LogP contribution is -1.96. The Labute approximate surface area is 113 Å². The summed E-state index contributed by atoms with van der Waals surface area (Å²) in [6.07, 6.45) is 1.72. The van der Waals surface area contributed by atoms with Crippen LogP contribution in [0.2, 0.25) is 5.15 Å². The van der Waals surface area contributed by atoms with E-state index in [2.05, 4.69) is 10.1 Å². The number of benzene rings is 1. The second kappa shape index (κ2) is 4.51. The minimum atomic E-state index is -0.447.